The van der Waals surface area contributed by atoms with Crippen molar-refractivity contribution >= 4 is 0 Å². The number of aromatic nitrogens is 1. The van der Waals surface area contributed by atoms with Crippen LogP contribution in [0.4, 0.5) is 17.6 Å². The first kappa shape index (κ1) is 13.3. The maximum Gasteiger partial charge on any atom is 0.398 e. The number of halogens is 4. The molecule has 2 nitrogen and oxygen atoms in total. The number of hydrogen-bond acceptors (Lipinski definition) is 2. The van der Waals surface area contributed by atoms with E-state index in [1.54, 1.807) is 0 Å². The Balaban J connectivity index is 2.13. The number of nitrogens with zero attached hydrogens (tertiary/aromatic N) is 1. The van der Waals surface area contributed by atoms with Crippen molar-refractivity contribution in [3.05, 3.63) is 60.4 Å². The molecule has 0 aliphatic heterocycles. The fourth-order valence-corrected chi connectivity index (χ4v) is 1.36. The molecule has 0 bridgehead atoms. The third kappa shape index (κ3) is 4.24. The molecule has 0 fully saturated rings. The number of ether oxygens (including phenoxy) is 1. The van der Waals surface area contributed by atoms with Crippen molar-refractivity contribution in [1.82, 2.24) is 4.98 Å². The van der Waals surface area contributed by atoms with Crippen molar-refractivity contribution in [1.29, 1.82) is 0 Å². The quantitative estimate of drug-likeness (QED) is 0.782. The van der Waals surface area contributed by atoms with Gasteiger partial charge in [0.2, 0.25) is 5.88 Å². The molecule has 0 N–H and O–H groups in total. The van der Waals surface area contributed by atoms with Crippen LogP contribution in [0.15, 0.2) is 42.5 Å². The van der Waals surface area contributed by atoms with E-state index < -0.39 is 12.0 Å². The molecule has 99 valence electrons. The first-order valence-corrected chi connectivity index (χ1v) is 5.25. The van der Waals surface area contributed by atoms with E-state index in [9.17, 15) is 17.6 Å². The number of rotatable bonds is 3. The molecule has 1 aromatic carbocycles. The molecule has 6 heteroatoms. The van der Waals surface area contributed by atoms with Gasteiger partial charge in [-0.15, -0.1) is 0 Å². The van der Waals surface area contributed by atoms with Crippen LogP contribution in [0.25, 0.3) is 0 Å². The molecular weight excluding hydrogens is 262 g/mol. The van der Waals surface area contributed by atoms with Gasteiger partial charge in [-0.2, -0.15) is 13.2 Å². The Morgan fingerprint density at radius 1 is 1.00 bits per heavy atom. The van der Waals surface area contributed by atoms with Gasteiger partial charge in [0.25, 0.3) is 0 Å². The fourth-order valence-electron chi connectivity index (χ4n) is 1.36. The largest absolute Gasteiger partial charge is 0.439 e. The summed E-state index contributed by atoms with van der Waals surface area (Å²) in [5.41, 5.74) is -0.257. The van der Waals surface area contributed by atoms with Crippen LogP contribution in [0, 0.1) is 12.2 Å². The van der Waals surface area contributed by atoms with Crippen LogP contribution in [0.2, 0.25) is 0 Å². The average Bonchev–Trinajstić information content (AvgIpc) is 2.30. The molecule has 0 aliphatic carbocycles. The third-order valence-corrected chi connectivity index (χ3v) is 2.09. The first-order valence-electron chi connectivity index (χ1n) is 5.25. The second-order valence-corrected chi connectivity index (χ2v) is 3.64. The van der Waals surface area contributed by atoms with E-state index >= 15 is 0 Å². The van der Waals surface area contributed by atoms with Gasteiger partial charge in [0.05, 0.1) is 5.69 Å². The van der Waals surface area contributed by atoms with E-state index in [1.807, 2.05) is 0 Å². The summed E-state index contributed by atoms with van der Waals surface area (Å²) in [6.45, 7) is 0. The van der Waals surface area contributed by atoms with E-state index in [0.717, 1.165) is 0 Å². The Morgan fingerprint density at radius 2 is 1.68 bits per heavy atom. The molecule has 1 heterocycles. The highest BCUT2D eigenvalue weighted by atomic mass is 19.4. The van der Waals surface area contributed by atoms with Crippen molar-refractivity contribution in [3.8, 4) is 11.6 Å². The SMILES string of the molecule is Fc1ccc(Oc2cccc([CH]C(F)(F)F)n2)cc1. The molecule has 0 atom stereocenters. The van der Waals surface area contributed by atoms with Gasteiger partial charge in [0.1, 0.15) is 18.0 Å². The molecule has 0 saturated carbocycles. The van der Waals surface area contributed by atoms with E-state index in [1.165, 1.54) is 42.5 Å². The summed E-state index contributed by atoms with van der Waals surface area (Å²) < 4.78 is 54.4. The molecule has 2 aromatic rings. The van der Waals surface area contributed by atoms with Gasteiger partial charge in [0, 0.05) is 6.07 Å². The Kier molecular flexibility index (Phi) is 3.69. The van der Waals surface area contributed by atoms with Crippen LogP contribution < -0.4 is 4.74 Å². The lowest BCUT2D eigenvalue weighted by atomic mass is 10.2. The Hall–Kier alpha value is -2.11. The van der Waals surface area contributed by atoms with Crippen molar-refractivity contribution < 1.29 is 22.3 Å². The van der Waals surface area contributed by atoms with Crippen molar-refractivity contribution in [2.24, 2.45) is 0 Å². The molecule has 0 unspecified atom stereocenters. The van der Waals surface area contributed by atoms with Crippen molar-refractivity contribution in [2.75, 3.05) is 0 Å². The second-order valence-electron chi connectivity index (χ2n) is 3.64. The zero-order valence-electron chi connectivity index (χ0n) is 9.49. The zero-order chi connectivity index (χ0) is 13.9. The van der Waals surface area contributed by atoms with Crippen molar-refractivity contribution in [3.63, 3.8) is 0 Å². The summed E-state index contributed by atoms with van der Waals surface area (Å²) in [6, 6.07) is 9.10. The summed E-state index contributed by atoms with van der Waals surface area (Å²) in [4.78, 5) is 3.68. The Labute approximate surface area is 106 Å². The zero-order valence-corrected chi connectivity index (χ0v) is 9.49. The molecule has 0 spiro atoms. The summed E-state index contributed by atoms with van der Waals surface area (Å²) in [7, 11) is 0. The summed E-state index contributed by atoms with van der Waals surface area (Å²) in [5, 5.41) is 0. The van der Waals surface area contributed by atoms with E-state index in [-0.39, 0.29) is 23.7 Å². The average molecular weight is 270 g/mol. The molecule has 0 saturated heterocycles. The lowest BCUT2D eigenvalue weighted by molar-refractivity contribution is -0.0931. The lowest BCUT2D eigenvalue weighted by Crippen LogP contribution is -2.10. The van der Waals surface area contributed by atoms with Gasteiger partial charge in [-0.25, -0.2) is 9.37 Å². The van der Waals surface area contributed by atoms with Crippen LogP contribution in [0.1, 0.15) is 5.69 Å². The van der Waals surface area contributed by atoms with E-state index in [4.69, 9.17) is 4.74 Å². The maximum absolute atomic E-state index is 12.7. The number of alkyl halides is 3. The van der Waals surface area contributed by atoms with E-state index in [0.29, 0.717) is 0 Å². The molecule has 2 rings (SSSR count). The van der Waals surface area contributed by atoms with Gasteiger partial charge in [-0.3, -0.25) is 0 Å². The standard InChI is InChI=1S/C13H8F4NO/c14-9-4-6-11(7-5-9)19-12-3-1-2-10(18-12)8-13(15,16)17/h1-8H. The van der Waals surface area contributed by atoms with Gasteiger partial charge < -0.3 is 4.74 Å². The maximum atomic E-state index is 12.7. The summed E-state index contributed by atoms with van der Waals surface area (Å²) in [5.74, 6) is -0.137. The van der Waals surface area contributed by atoms with E-state index in [2.05, 4.69) is 4.98 Å². The highest BCUT2D eigenvalue weighted by Crippen LogP contribution is 2.25. The molecule has 1 aromatic heterocycles. The first-order chi connectivity index (χ1) is 8.92. The summed E-state index contributed by atoms with van der Waals surface area (Å²) >= 11 is 0. The number of hydrogen-bond donors (Lipinski definition) is 0. The summed E-state index contributed by atoms with van der Waals surface area (Å²) in [6.07, 6.45) is -4.37. The minimum atomic E-state index is -4.44. The monoisotopic (exact) mass is 270 g/mol. The fraction of sp³-hybridized carbons (Fsp3) is 0.0769. The molecule has 1 radical (unpaired) electrons. The Morgan fingerprint density at radius 3 is 2.32 bits per heavy atom. The van der Waals surface area contributed by atoms with Crippen LogP contribution in [-0.2, 0) is 0 Å². The highest BCUT2D eigenvalue weighted by Gasteiger charge is 2.29. The minimum Gasteiger partial charge on any atom is -0.439 e. The predicted molar refractivity (Wildman–Crippen MR) is 60.2 cm³/mol. The smallest absolute Gasteiger partial charge is 0.398 e. The van der Waals surface area contributed by atoms with Crippen LogP contribution in [-0.4, -0.2) is 11.2 Å². The van der Waals surface area contributed by atoms with Gasteiger partial charge in [-0.05, 0) is 30.3 Å². The van der Waals surface area contributed by atoms with Gasteiger partial charge in [0.15, 0.2) is 0 Å². The Bertz CT molecular complexity index is 551. The molecule has 19 heavy (non-hydrogen) atoms. The second kappa shape index (κ2) is 5.26. The topological polar surface area (TPSA) is 22.1 Å². The minimum absolute atomic E-state index is 0.00427. The number of benzene rings is 1. The van der Waals surface area contributed by atoms with Crippen molar-refractivity contribution in [2.45, 2.75) is 6.18 Å². The lowest BCUT2D eigenvalue weighted by Gasteiger charge is -2.08. The molecule has 0 aliphatic rings. The van der Waals surface area contributed by atoms with Crippen LogP contribution in [0.3, 0.4) is 0 Å². The normalized spacial score (nSPS) is 11.4. The van der Waals surface area contributed by atoms with Gasteiger partial charge in [-0.1, -0.05) is 6.07 Å². The third-order valence-electron chi connectivity index (χ3n) is 2.09. The number of pyridine rings is 1. The van der Waals surface area contributed by atoms with Gasteiger partial charge >= 0.3 is 6.18 Å². The van der Waals surface area contributed by atoms with Crippen LogP contribution in [0.5, 0.6) is 11.6 Å². The highest BCUT2D eigenvalue weighted by molar-refractivity contribution is 5.29. The predicted octanol–water partition coefficient (Wildman–Crippen LogP) is 4.13. The van der Waals surface area contributed by atoms with Crippen LogP contribution >= 0.6 is 0 Å². The molecule has 0 amide bonds. The molecular formula is C13H8F4NO.